The molecular formula is C22H24ClNO5S2. The van der Waals surface area contributed by atoms with Crippen LogP contribution in [-0.2, 0) is 26.4 Å². The first-order valence-corrected chi connectivity index (χ1v) is 13.3. The van der Waals surface area contributed by atoms with Gasteiger partial charge in [0.05, 0.1) is 16.5 Å². The van der Waals surface area contributed by atoms with E-state index < -0.39 is 19.9 Å². The minimum absolute atomic E-state index is 0.0253. The van der Waals surface area contributed by atoms with Crippen molar-refractivity contribution in [1.82, 2.24) is 4.31 Å². The first-order valence-electron chi connectivity index (χ1n) is 9.62. The molecule has 1 aromatic heterocycles. The second-order valence-electron chi connectivity index (χ2n) is 7.69. The van der Waals surface area contributed by atoms with Gasteiger partial charge in [0.2, 0.25) is 10.0 Å². The molecule has 0 atom stereocenters. The second kappa shape index (κ2) is 9.16. The summed E-state index contributed by atoms with van der Waals surface area (Å²) in [5, 5.41) is 0.161. The highest BCUT2D eigenvalue weighted by Crippen LogP contribution is 2.29. The molecule has 0 bridgehead atoms. The van der Waals surface area contributed by atoms with E-state index in [1.165, 1.54) is 22.5 Å². The van der Waals surface area contributed by atoms with Gasteiger partial charge in [0, 0.05) is 18.4 Å². The molecule has 0 spiro atoms. The molecule has 9 heteroatoms. The van der Waals surface area contributed by atoms with Crippen molar-refractivity contribution in [2.24, 2.45) is 5.92 Å². The average molecular weight is 482 g/mol. The molecule has 166 valence electrons. The van der Waals surface area contributed by atoms with E-state index in [9.17, 15) is 16.8 Å². The van der Waals surface area contributed by atoms with Crippen LogP contribution in [0.3, 0.4) is 0 Å². The molecule has 3 aromatic rings. The van der Waals surface area contributed by atoms with Crippen molar-refractivity contribution in [1.29, 1.82) is 0 Å². The molecule has 1 heterocycles. The summed E-state index contributed by atoms with van der Waals surface area (Å²) < 4.78 is 57.4. The Kier molecular flexibility index (Phi) is 6.95. The summed E-state index contributed by atoms with van der Waals surface area (Å²) in [7, 11) is -7.20. The van der Waals surface area contributed by atoms with Crippen LogP contribution in [0.25, 0.3) is 11.3 Å². The molecule has 0 fully saturated rings. The topological polar surface area (TPSA) is 84.7 Å². The van der Waals surface area contributed by atoms with Crippen molar-refractivity contribution in [3.8, 4) is 11.3 Å². The molecule has 0 radical (unpaired) electrons. The van der Waals surface area contributed by atoms with Gasteiger partial charge in [-0.25, -0.2) is 16.8 Å². The zero-order chi connectivity index (χ0) is 22.8. The van der Waals surface area contributed by atoms with Gasteiger partial charge in [0.15, 0.2) is 9.84 Å². The smallest absolute Gasteiger partial charge is 0.244 e. The maximum Gasteiger partial charge on any atom is 0.244 e. The van der Waals surface area contributed by atoms with Crippen LogP contribution in [-0.4, -0.2) is 33.9 Å². The monoisotopic (exact) mass is 481 g/mol. The third kappa shape index (κ3) is 5.57. The van der Waals surface area contributed by atoms with E-state index in [4.69, 9.17) is 16.0 Å². The lowest BCUT2D eigenvalue weighted by molar-refractivity contribution is 0.333. The van der Waals surface area contributed by atoms with Crippen LogP contribution in [0.15, 0.2) is 74.9 Å². The van der Waals surface area contributed by atoms with Gasteiger partial charge in [0.25, 0.3) is 0 Å². The van der Waals surface area contributed by atoms with Gasteiger partial charge in [-0.05, 0) is 42.3 Å². The Labute approximate surface area is 188 Å². The predicted molar refractivity (Wildman–Crippen MR) is 121 cm³/mol. The Morgan fingerprint density at radius 1 is 0.968 bits per heavy atom. The lowest BCUT2D eigenvalue weighted by Crippen LogP contribution is -2.33. The predicted octanol–water partition coefficient (Wildman–Crippen LogP) is 4.85. The SMILES string of the molecule is CC(C)CN(Cc1ccc(-c2cccc(S(C)(=O)=O)c2)o1)S(=O)(=O)c1ccccc1Cl. The molecule has 0 aliphatic heterocycles. The Morgan fingerprint density at radius 2 is 1.68 bits per heavy atom. The quantitative estimate of drug-likeness (QED) is 0.459. The summed E-state index contributed by atoms with van der Waals surface area (Å²) in [5.41, 5.74) is 0.596. The summed E-state index contributed by atoms with van der Waals surface area (Å²) in [6, 6.07) is 16.2. The summed E-state index contributed by atoms with van der Waals surface area (Å²) in [4.78, 5) is 0.232. The first kappa shape index (κ1) is 23.5. The normalized spacial score (nSPS) is 12.6. The molecule has 0 unspecified atom stereocenters. The van der Waals surface area contributed by atoms with E-state index in [-0.39, 0.29) is 33.8 Å². The lowest BCUT2D eigenvalue weighted by atomic mass is 10.2. The van der Waals surface area contributed by atoms with Crippen LogP contribution in [0.2, 0.25) is 5.02 Å². The van der Waals surface area contributed by atoms with Crippen molar-refractivity contribution in [3.63, 3.8) is 0 Å². The highest BCUT2D eigenvalue weighted by atomic mass is 35.5. The molecule has 0 amide bonds. The van der Waals surface area contributed by atoms with Gasteiger partial charge in [-0.15, -0.1) is 0 Å². The molecule has 2 aromatic carbocycles. The highest BCUT2D eigenvalue weighted by Gasteiger charge is 2.28. The molecular weight excluding hydrogens is 458 g/mol. The van der Waals surface area contributed by atoms with Crippen molar-refractivity contribution >= 4 is 31.5 Å². The zero-order valence-electron chi connectivity index (χ0n) is 17.4. The van der Waals surface area contributed by atoms with Gasteiger partial charge in [-0.1, -0.05) is 49.7 Å². The van der Waals surface area contributed by atoms with Crippen molar-refractivity contribution in [2.75, 3.05) is 12.8 Å². The summed E-state index contributed by atoms with van der Waals surface area (Å²) in [6.45, 7) is 4.17. The Balaban J connectivity index is 1.93. The number of hydrogen-bond donors (Lipinski definition) is 0. The van der Waals surface area contributed by atoms with Gasteiger partial charge in [-0.2, -0.15) is 4.31 Å². The van der Waals surface area contributed by atoms with Crippen molar-refractivity contribution < 1.29 is 21.3 Å². The van der Waals surface area contributed by atoms with Crippen LogP contribution < -0.4 is 0 Å². The first-order chi connectivity index (χ1) is 14.5. The van der Waals surface area contributed by atoms with Crippen LogP contribution in [0, 0.1) is 5.92 Å². The minimum atomic E-state index is -3.84. The fourth-order valence-electron chi connectivity index (χ4n) is 3.12. The number of sulfone groups is 1. The van der Waals surface area contributed by atoms with E-state index >= 15 is 0 Å². The van der Waals surface area contributed by atoms with E-state index in [1.807, 2.05) is 13.8 Å². The Bertz CT molecular complexity index is 1280. The van der Waals surface area contributed by atoms with E-state index in [0.29, 0.717) is 17.1 Å². The van der Waals surface area contributed by atoms with Crippen LogP contribution >= 0.6 is 11.6 Å². The van der Waals surface area contributed by atoms with Crippen molar-refractivity contribution in [2.45, 2.75) is 30.2 Å². The molecule has 0 aliphatic rings. The third-order valence-corrected chi connectivity index (χ3v) is 7.99. The van der Waals surface area contributed by atoms with Crippen molar-refractivity contribution in [3.05, 3.63) is 71.4 Å². The molecule has 6 nitrogen and oxygen atoms in total. The van der Waals surface area contributed by atoms with Crippen LogP contribution in [0.1, 0.15) is 19.6 Å². The Morgan fingerprint density at radius 3 is 2.32 bits per heavy atom. The van der Waals surface area contributed by atoms with Gasteiger partial charge >= 0.3 is 0 Å². The minimum Gasteiger partial charge on any atom is -0.460 e. The number of sulfonamides is 1. The van der Waals surface area contributed by atoms with E-state index in [2.05, 4.69) is 0 Å². The highest BCUT2D eigenvalue weighted by molar-refractivity contribution is 7.90. The number of halogens is 1. The summed E-state index contributed by atoms with van der Waals surface area (Å²) in [6.07, 6.45) is 1.14. The number of benzene rings is 2. The molecule has 0 saturated heterocycles. The number of furan rings is 1. The molecule has 0 N–H and O–H groups in total. The number of hydrogen-bond acceptors (Lipinski definition) is 5. The van der Waals surface area contributed by atoms with Gasteiger partial charge < -0.3 is 4.42 Å². The maximum absolute atomic E-state index is 13.3. The fourth-order valence-corrected chi connectivity index (χ4v) is 5.85. The largest absolute Gasteiger partial charge is 0.460 e. The third-order valence-electron chi connectivity index (χ3n) is 4.56. The maximum atomic E-state index is 13.3. The molecule has 0 saturated carbocycles. The summed E-state index contributed by atoms with van der Waals surface area (Å²) >= 11 is 6.15. The molecule has 3 rings (SSSR count). The Hall–Kier alpha value is -2.13. The van der Waals surface area contributed by atoms with E-state index in [1.54, 1.807) is 42.5 Å². The van der Waals surface area contributed by atoms with Gasteiger partial charge in [-0.3, -0.25) is 0 Å². The van der Waals surface area contributed by atoms with Crippen LogP contribution in [0.4, 0.5) is 0 Å². The second-order valence-corrected chi connectivity index (χ2v) is 12.0. The zero-order valence-corrected chi connectivity index (χ0v) is 19.8. The standard InChI is InChI=1S/C22H24ClNO5S2/c1-16(2)14-24(31(27,28)22-10-5-4-9-20(22)23)15-18-11-12-21(29-18)17-7-6-8-19(13-17)30(3,25)26/h4-13,16H,14-15H2,1-3H3. The molecule has 0 aliphatic carbocycles. The molecule has 31 heavy (non-hydrogen) atoms. The fraction of sp³-hybridized carbons (Fsp3) is 0.273. The average Bonchev–Trinajstić information content (AvgIpc) is 3.15. The number of rotatable bonds is 8. The van der Waals surface area contributed by atoms with E-state index in [0.717, 1.165) is 6.26 Å². The van der Waals surface area contributed by atoms with Gasteiger partial charge in [0.1, 0.15) is 16.4 Å². The summed E-state index contributed by atoms with van der Waals surface area (Å²) in [5.74, 6) is 0.981. The number of nitrogens with zero attached hydrogens (tertiary/aromatic N) is 1. The van der Waals surface area contributed by atoms with Crippen LogP contribution in [0.5, 0.6) is 0 Å². The lowest BCUT2D eigenvalue weighted by Gasteiger charge is -2.23.